The molecule has 0 saturated carbocycles. The van der Waals surface area contributed by atoms with Crippen molar-refractivity contribution in [2.45, 2.75) is 32.6 Å². The third kappa shape index (κ3) is 6.48. The van der Waals surface area contributed by atoms with Gasteiger partial charge in [0.1, 0.15) is 5.82 Å². The standard InChI is InChI=1S/C19H31FN4/c1-16(15-24-12-6-3-7-13-24)14-23-19(21-2)22-11-10-17-8-4-5-9-18(17)20/h4-5,8-9,16H,3,6-7,10-15H2,1-2H3,(H2,21,22,23). The van der Waals surface area contributed by atoms with E-state index in [4.69, 9.17) is 0 Å². The van der Waals surface area contributed by atoms with Gasteiger partial charge in [0, 0.05) is 26.7 Å². The Kier molecular flexibility index (Phi) is 8.02. The molecule has 0 spiro atoms. The van der Waals surface area contributed by atoms with Crippen LogP contribution in [0.25, 0.3) is 0 Å². The van der Waals surface area contributed by atoms with Crippen LogP contribution in [0.5, 0.6) is 0 Å². The second-order valence-electron chi connectivity index (χ2n) is 6.69. The Balaban J connectivity index is 1.65. The summed E-state index contributed by atoms with van der Waals surface area (Å²) in [5, 5.41) is 6.64. The quantitative estimate of drug-likeness (QED) is 0.595. The zero-order valence-electron chi connectivity index (χ0n) is 15.0. The van der Waals surface area contributed by atoms with Crippen LogP contribution in [-0.4, -0.2) is 50.6 Å². The first-order valence-corrected chi connectivity index (χ1v) is 9.09. The normalized spacial score (nSPS) is 17.5. The zero-order valence-corrected chi connectivity index (χ0v) is 15.0. The lowest BCUT2D eigenvalue weighted by molar-refractivity contribution is 0.201. The Morgan fingerprint density at radius 2 is 1.96 bits per heavy atom. The lowest BCUT2D eigenvalue weighted by Gasteiger charge is -2.29. The van der Waals surface area contributed by atoms with Gasteiger partial charge in [0.15, 0.2) is 5.96 Å². The minimum Gasteiger partial charge on any atom is -0.356 e. The number of guanidine groups is 1. The molecule has 134 valence electrons. The first-order chi connectivity index (χ1) is 11.7. The van der Waals surface area contributed by atoms with Crippen LogP contribution in [0.15, 0.2) is 29.3 Å². The molecular formula is C19H31FN4. The van der Waals surface area contributed by atoms with Crippen LogP contribution in [0.4, 0.5) is 4.39 Å². The fourth-order valence-electron chi connectivity index (χ4n) is 3.16. The molecule has 0 aromatic heterocycles. The van der Waals surface area contributed by atoms with Crippen LogP contribution in [-0.2, 0) is 6.42 Å². The summed E-state index contributed by atoms with van der Waals surface area (Å²) in [6.45, 7) is 7.45. The van der Waals surface area contributed by atoms with Gasteiger partial charge in [0.25, 0.3) is 0 Å². The van der Waals surface area contributed by atoms with E-state index in [1.54, 1.807) is 13.1 Å². The molecule has 0 aliphatic carbocycles. The molecule has 1 aromatic carbocycles. The summed E-state index contributed by atoms with van der Waals surface area (Å²) in [5.41, 5.74) is 0.735. The van der Waals surface area contributed by atoms with E-state index in [9.17, 15) is 4.39 Å². The highest BCUT2D eigenvalue weighted by Crippen LogP contribution is 2.10. The van der Waals surface area contributed by atoms with Gasteiger partial charge in [0.2, 0.25) is 0 Å². The highest BCUT2D eigenvalue weighted by atomic mass is 19.1. The van der Waals surface area contributed by atoms with Crippen molar-refractivity contribution in [3.05, 3.63) is 35.6 Å². The number of halogens is 1. The van der Waals surface area contributed by atoms with Gasteiger partial charge in [-0.3, -0.25) is 4.99 Å². The number of piperidine rings is 1. The average Bonchev–Trinajstić information content (AvgIpc) is 2.60. The highest BCUT2D eigenvalue weighted by Gasteiger charge is 2.13. The van der Waals surface area contributed by atoms with Gasteiger partial charge in [-0.25, -0.2) is 4.39 Å². The summed E-state index contributed by atoms with van der Waals surface area (Å²) in [6, 6.07) is 6.92. The molecular weight excluding hydrogens is 303 g/mol. The van der Waals surface area contributed by atoms with Gasteiger partial charge >= 0.3 is 0 Å². The molecule has 0 bridgehead atoms. The van der Waals surface area contributed by atoms with E-state index < -0.39 is 0 Å². The molecule has 1 aliphatic rings. The molecule has 1 atom stereocenters. The summed E-state index contributed by atoms with van der Waals surface area (Å²) in [6.07, 6.45) is 4.69. The van der Waals surface area contributed by atoms with E-state index in [0.717, 1.165) is 24.6 Å². The molecule has 2 N–H and O–H groups in total. The summed E-state index contributed by atoms with van der Waals surface area (Å²) in [7, 11) is 1.77. The van der Waals surface area contributed by atoms with Crippen molar-refractivity contribution in [3.8, 4) is 0 Å². The molecule has 5 heteroatoms. The second kappa shape index (κ2) is 10.3. The number of likely N-dealkylation sites (tertiary alicyclic amines) is 1. The van der Waals surface area contributed by atoms with Crippen LogP contribution >= 0.6 is 0 Å². The minimum atomic E-state index is -0.141. The van der Waals surface area contributed by atoms with Crippen molar-refractivity contribution in [1.29, 1.82) is 0 Å². The zero-order chi connectivity index (χ0) is 17.2. The largest absolute Gasteiger partial charge is 0.356 e. The predicted octanol–water partition coefficient (Wildman–Crippen LogP) is 2.66. The van der Waals surface area contributed by atoms with Crippen LogP contribution in [0.3, 0.4) is 0 Å². The topological polar surface area (TPSA) is 39.7 Å². The Hall–Kier alpha value is -1.62. The highest BCUT2D eigenvalue weighted by molar-refractivity contribution is 5.79. The minimum absolute atomic E-state index is 0.141. The van der Waals surface area contributed by atoms with Crippen molar-refractivity contribution in [2.24, 2.45) is 10.9 Å². The third-order valence-electron chi connectivity index (χ3n) is 4.50. The number of nitrogens with zero attached hydrogens (tertiary/aromatic N) is 2. The van der Waals surface area contributed by atoms with Crippen molar-refractivity contribution < 1.29 is 4.39 Å². The number of hydrogen-bond donors (Lipinski definition) is 2. The van der Waals surface area contributed by atoms with Gasteiger partial charge in [-0.2, -0.15) is 0 Å². The van der Waals surface area contributed by atoms with E-state index in [1.165, 1.54) is 38.4 Å². The number of hydrogen-bond acceptors (Lipinski definition) is 2. The first-order valence-electron chi connectivity index (χ1n) is 9.09. The van der Waals surface area contributed by atoms with Gasteiger partial charge in [0.05, 0.1) is 0 Å². The Morgan fingerprint density at radius 3 is 2.67 bits per heavy atom. The summed E-state index contributed by atoms with van der Waals surface area (Å²) in [5.74, 6) is 1.22. The fraction of sp³-hybridized carbons (Fsp3) is 0.632. The van der Waals surface area contributed by atoms with Crippen molar-refractivity contribution >= 4 is 5.96 Å². The second-order valence-corrected chi connectivity index (χ2v) is 6.69. The van der Waals surface area contributed by atoms with Crippen LogP contribution in [0, 0.1) is 11.7 Å². The smallest absolute Gasteiger partial charge is 0.190 e. The molecule has 1 saturated heterocycles. The maximum absolute atomic E-state index is 13.6. The van der Waals surface area contributed by atoms with Gasteiger partial charge < -0.3 is 15.5 Å². The SMILES string of the molecule is CN=C(NCCc1ccccc1F)NCC(C)CN1CCCCC1. The molecule has 0 amide bonds. The molecule has 0 radical (unpaired) electrons. The molecule has 4 nitrogen and oxygen atoms in total. The van der Waals surface area contributed by atoms with Gasteiger partial charge in [-0.05, 0) is 49.9 Å². The Bertz CT molecular complexity index is 512. The Labute approximate surface area is 145 Å². The van der Waals surface area contributed by atoms with Crippen LogP contribution in [0.1, 0.15) is 31.7 Å². The molecule has 1 aromatic rings. The van der Waals surface area contributed by atoms with E-state index in [0.29, 0.717) is 18.9 Å². The summed E-state index contributed by atoms with van der Waals surface area (Å²) in [4.78, 5) is 6.81. The maximum atomic E-state index is 13.6. The summed E-state index contributed by atoms with van der Waals surface area (Å²) < 4.78 is 13.6. The predicted molar refractivity (Wildman–Crippen MR) is 98.9 cm³/mol. The van der Waals surface area contributed by atoms with E-state index in [1.807, 2.05) is 12.1 Å². The van der Waals surface area contributed by atoms with Crippen molar-refractivity contribution in [3.63, 3.8) is 0 Å². The van der Waals surface area contributed by atoms with Crippen LogP contribution < -0.4 is 10.6 Å². The molecule has 1 fully saturated rings. The molecule has 1 heterocycles. The number of rotatable bonds is 7. The Morgan fingerprint density at radius 1 is 1.21 bits per heavy atom. The third-order valence-corrected chi connectivity index (χ3v) is 4.50. The maximum Gasteiger partial charge on any atom is 0.190 e. The van der Waals surface area contributed by atoms with E-state index >= 15 is 0 Å². The lowest BCUT2D eigenvalue weighted by Crippen LogP contribution is -2.43. The number of benzene rings is 1. The lowest BCUT2D eigenvalue weighted by atomic mass is 10.1. The molecule has 24 heavy (non-hydrogen) atoms. The number of aliphatic imine (C=N–C) groups is 1. The summed E-state index contributed by atoms with van der Waals surface area (Å²) >= 11 is 0. The molecule has 1 aliphatic heterocycles. The monoisotopic (exact) mass is 334 g/mol. The first kappa shape index (κ1) is 18.7. The number of nitrogens with one attached hydrogen (secondary N) is 2. The van der Waals surface area contributed by atoms with Crippen molar-refractivity contribution in [2.75, 3.05) is 39.8 Å². The van der Waals surface area contributed by atoms with E-state index in [2.05, 4.69) is 27.4 Å². The van der Waals surface area contributed by atoms with Gasteiger partial charge in [-0.1, -0.05) is 31.5 Å². The van der Waals surface area contributed by atoms with Gasteiger partial charge in [-0.15, -0.1) is 0 Å². The molecule has 1 unspecified atom stereocenters. The molecule has 2 rings (SSSR count). The van der Waals surface area contributed by atoms with Crippen LogP contribution in [0.2, 0.25) is 0 Å². The van der Waals surface area contributed by atoms with Crippen molar-refractivity contribution in [1.82, 2.24) is 15.5 Å². The average molecular weight is 334 g/mol. The van der Waals surface area contributed by atoms with E-state index in [-0.39, 0.29) is 5.82 Å². The fourth-order valence-corrected chi connectivity index (χ4v) is 3.16.